The van der Waals surface area contributed by atoms with E-state index in [1.165, 1.54) is 60.6 Å². The van der Waals surface area contributed by atoms with E-state index in [4.69, 9.17) is 4.74 Å². The highest BCUT2D eigenvalue weighted by molar-refractivity contribution is 8.02. The molecule has 2 atom stereocenters. The van der Waals surface area contributed by atoms with Crippen LogP contribution in [-0.2, 0) is 42.0 Å². The van der Waals surface area contributed by atoms with Gasteiger partial charge in [-0.2, -0.15) is 4.31 Å². The molecule has 17 heteroatoms. The summed E-state index contributed by atoms with van der Waals surface area (Å²) in [6.07, 6.45) is 2.85. The highest BCUT2D eigenvalue weighted by atomic mass is 32.2. The fourth-order valence-electron chi connectivity index (χ4n) is 6.22. The van der Waals surface area contributed by atoms with Gasteiger partial charge in [-0.3, -0.25) is 29.5 Å². The van der Waals surface area contributed by atoms with Gasteiger partial charge in [0.2, 0.25) is 21.8 Å². The number of nitrogens with one attached hydrogen (secondary N) is 1. The lowest BCUT2D eigenvalue weighted by atomic mass is 10.00. The highest BCUT2D eigenvalue weighted by Gasteiger charge is 2.51. The summed E-state index contributed by atoms with van der Waals surface area (Å²) >= 11 is 1.32. The highest BCUT2D eigenvalue weighted by Crippen LogP contribution is 2.42. The normalized spacial score (nSPS) is 18.1. The molecular weight excluding hydrogens is 737 g/mol. The Labute approximate surface area is 318 Å². The van der Waals surface area contributed by atoms with Crippen LogP contribution in [0, 0.1) is 10.1 Å². The predicted molar refractivity (Wildman–Crippen MR) is 201 cm³/mol. The van der Waals surface area contributed by atoms with E-state index in [1.807, 2.05) is 0 Å². The zero-order chi connectivity index (χ0) is 39.4. The molecule has 0 unspecified atom stereocenters. The van der Waals surface area contributed by atoms with Crippen molar-refractivity contribution in [3.05, 3.63) is 99.9 Å². The first-order chi connectivity index (χ1) is 25.4. The molecule has 2 fully saturated rings. The van der Waals surface area contributed by atoms with Gasteiger partial charge in [0.15, 0.2) is 0 Å². The number of piperazine rings is 1. The van der Waals surface area contributed by atoms with Gasteiger partial charge >= 0.3 is 5.97 Å². The Morgan fingerprint density at radius 1 is 0.981 bits per heavy atom. The zero-order valence-electron chi connectivity index (χ0n) is 30.8. The molecule has 15 nitrogen and oxygen atoms in total. The number of nitro benzene ring substituents is 1. The Hall–Kier alpha value is -4.87. The summed E-state index contributed by atoms with van der Waals surface area (Å²) in [7, 11) is -4.09. The molecule has 5 rings (SSSR count). The molecule has 3 heterocycles. The zero-order valence-corrected chi connectivity index (χ0v) is 32.4. The first kappa shape index (κ1) is 40.3. The van der Waals surface area contributed by atoms with E-state index in [0.29, 0.717) is 37.3 Å². The van der Waals surface area contributed by atoms with Crippen molar-refractivity contribution in [2.75, 3.05) is 32.1 Å². The molecular formula is C37H44N6O9S2. The molecule has 288 valence electrons. The largest absolute Gasteiger partial charge is 0.458 e. The quantitative estimate of drug-likeness (QED) is 0.171. The lowest BCUT2D eigenvalue weighted by molar-refractivity contribution is -0.384. The van der Waals surface area contributed by atoms with Crippen LogP contribution in [0.15, 0.2) is 78.0 Å². The average Bonchev–Trinajstić information content (AvgIpc) is 3.47. The first-order valence-electron chi connectivity index (χ1n) is 17.3. The summed E-state index contributed by atoms with van der Waals surface area (Å²) in [5.41, 5.74) is 0.793. The molecule has 2 saturated heterocycles. The molecule has 3 amide bonds. The third-order valence-electron chi connectivity index (χ3n) is 9.07. The molecule has 0 spiro atoms. The molecule has 2 aliphatic heterocycles. The lowest BCUT2D eigenvalue weighted by Crippen LogP contribution is -2.57. The van der Waals surface area contributed by atoms with Crippen molar-refractivity contribution < 1.29 is 37.3 Å². The molecule has 0 saturated carbocycles. The number of ether oxygens (including phenoxy) is 1. The number of nitrogens with zero attached hydrogens (tertiary/aromatic N) is 5. The summed E-state index contributed by atoms with van der Waals surface area (Å²) in [5.74, 6) is -1.65. The molecule has 1 N–H and O–H groups in total. The van der Waals surface area contributed by atoms with Crippen molar-refractivity contribution in [2.45, 2.75) is 74.8 Å². The number of carbonyl (C=O) groups is 4. The van der Waals surface area contributed by atoms with Gasteiger partial charge in [0, 0.05) is 67.4 Å². The minimum absolute atomic E-state index is 0.0373. The van der Waals surface area contributed by atoms with E-state index in [0.717, 1.165) is 9.87 Å². The number of carbonyl (C=O) groups excluding carboxylic acids is 4. The van der Waals surface area contributed by atoms with E-state index >= 15 is 0 Å². The molecule has 0 bridgehead atoms. The Bertz CT molecular complexity index is 1980. The van der Waals surface area contributed by atoms with Crippen LogP contribution in [0.4, 0.5) is 5.69 Å². The standard InChI is InChI=1S/C37H44N6O9S2/c1-36(2,3)52-35(47)30(39-33(45)32-37(4,5)53-24-42(32)54(50,51)29-7-6-16-38-23-29)21-25-8-10-26(11-9-25)22-31(44)40-17-19-41(20-18-40)34(46)27-12-14-28(15-13-27)43(48)49/h6-16,23,30,32H,17-22,24H2,1-5H3,(H,39,45)/t30-,32+/m0/s1. The van der Waals surface area contributed by atoms with Gasteiger partial charge in [0.1, 0.15) is 22.6 Å². The second kappa shape index (κ2) is 16.2. The molecule has 2 aromatic carbocycles. The van der Waals surface area contributed by atoms with Crippen LogP contribution in [0.1, 0.15) is 56.1 Å². The second-order valence-corrected chi connectivity index (χ2v) is 18.1. The third kappa shape index (κ3) is 9.62. The number of sulfonamides is 1. The summed E-state index contributed by atoms with van der Waals surface area (Å²) in [5, 5.41) is 13.7. The third-order valence-corrected chi connectivity index (χ3v) is 12.4. The van der Waals surface area contributed by atoms with Crippen LogP contribution in [0.3, 0.4) is 0 Å². The average molecular weight is 781 g/mol. The number of nitro groups is 1. The SMILES string of the molecule is CC(C)(C)OC(=O)[C@H](Cc1ccc(CC(=O)N2CCN(C(=O)c3ccc([N+](=O)[O-])cc3)CC2)cc1)NC(=O)[C@H]1N(S(=O)(=O)c2cccnc2)CSC1(C)C. The number of non-ortho nitro benzene ring substituents is 1. The van der Waals surface area contributed by atoms with Gasteiger partial charge < -0.3 is 19.9 Å². The summed E-state index contributed by atoms with van der Waals surface area (Å²) < 4.78 is 33.2. The van der Waals surface area contributed by atoms with Crippen LogP contribution in [0.25, 0.3) is 0 Å². The molecule has 2 aliphatic rings. The minimum atomic E-state index is -4.09. The van der Waals surface area contributed by atoms with Gasteiger partial charge in [-0.15, -0.1) is 11.8 Å². The van der Waals surface area contributed by atoms with Crippen molar-refractivity contribution in [1.82, 2.24) is 24.4 Å². The van der Waals surface area contributed by atoms with Crippen molar-refractivity contribution >= 4 is 51.2 Å². The van der Waals surface area contributed by atoms with Crippen molar-refractivity contribution in [1.29, 1.82) is 0 Å². The van der Waals surface area contributed by atoms with E-state index in [2.05, 4.69) is 10.3 Å². The molecule has 3 aromatic rings. The van der Waals surface area contributed by atoms with Crippen molar-refractivity contribution in [2.24, 2.45) is 0 Å². The Kier molecular flexibility index (Phi) is 12.1. The number of benzene rings is 2. The number of hydrogen-bond acceptors (Lipinski definition) is 11. The fraction of sp³-hybridized carbons (Fsp3) is 0.432. The fourth-order valence-corrected chi connectivity index (χ4v) is 9.35. The monoisotopic (exact) mass is 780 g/mol. The lowest BCUT2D eigenvalue weighted by Gasteiger charge is -2.35. The first-order valence-corrected chi connectivity index (χ1v) is 19.8. The molecule has 54 heavy (non-hydrogen) atoms. The maximum absolute atomic E-state index is 14.0. The molecule has 1 aromatic heterocycles. The minimum Gasteiger partial charge on any atom is -0.458 e. The van der Waals surface area contributed by atoms with Crippen LogP contribution >= 0.6 is 11.8 Å². The number of esters is 1. The van der Waals surface area contributed by atoms with Gasteiger partial charge in [0.25, 0.3) is 11.6 Å². The Morgan fingerprint density at radius 3 is 2.17 bits per heavy atom. The number of hydrogen-bond donors (Lipinski definition) is 1. The molecule has 0 aliphatic carbocycles. The smallest absolute Gasteiger partial charge is 0.329 e. The van der Waals surface area contributed by atoms with Crippen LogP contribution < -0.4 is 5.32 Å². The maximum atomic E-state index is 14.0. The summed E-state index contributed by atoms with van der Waals surface area (Å²) in [6.45, 7) is 10.0. The second-order valence-electron chi connectivity index (χ2n) is 14.6. The summed E-state index contributed by atoms with van der Waals surface area (Å²) in [4.78, 5) is 71.1. The van der Waals surface area contributed by atoms with Crippen LogP contribution in [0.5, 0.6) is 0 Å². The number of amides is 3. The Morgan fingerprint density at radius 2 is 1.59 bits per heavy atom. The molecule has 0 radical (unpaired) electrons. The number of aromatic nitrogens is 1. The van der Waals surface area contributed by atoms with E-state index < -0.39 is 49.3 Å². The predicted octanol–water partition coefficient (Wildman–Crippen LogP) is 3.43. The van der Waals surface area contributed by atoms with E-state index in [-0.39, 0.29) is 41.1 Å². The number of rotatable bonds is 11. The van der Waals surface area contributed by atoms with Crippen molar-refractivity contribution in [3.63, 3.8) is 0 Å². The summed E-state index contributed by atoms with van der Waals surface area (Å²) in [6, 6.07) is 13.2. The van der Waals surface area contributed by atoms with Gasteiger partial charge in [-0.25, -0.2) is 13.2 Å². The van der Waals surface area contributed by atoms with Crippen molar-refractivity contribution in [3.8, 4) is 0 Å². The number of thioether (sulfide) groups is 1. The van der Waals surface area contributed by atoms with E-state index in [9.17, 15) is 37.7 Å². The van der Waals surface area contributed by atoms with Crippen LogP contribution in [0.2, 0.25) is 0 Å². The maximum Gasteiger partial charge on any atom is 0.329 e. The topological polar surface area (TPSA) is 189 Å². The Balaban J connectivity index is 1.22. The van der Waals surface area contributed by atoms with Gasteiger partial charge in [-0.05, 0) is 70.0 Å². The van der Waals surface area contributed by atoms with Crippen LogP contribution in [-0.4, -0.2) is 111 Å². The van der Waals surface area contributed by atoms with Gasteiger partial charge in [-0.1, -0.05) is 24.3 Å². The van der Waals surface area contributed by atoms with Gasteiger partial charge in [0.05, 0.1) is 17.2 Å². The van der Waals surface area contributed by atoms with E-state index in [1.54, 1.807) is 68.7 Å². The number of pyridine rings is 1.